The van der Waals surface area contributed by atoms with Crippen LogP contribution < -0.4 is 0 Å². The molecule has 0 saturated heterocycles. The Labute approximate surface area is 125 Å². The summed E-state index contributed by atoms with van der Waals surface area (Å²) in [5, 5.41) is 20.8. The SMILES string of the molecule is CCCn1nnnc1CSc1ccc(Cl)c(C(=O)O)c1. The van der Waals surface area contributed by atoms with Crippen LogP contribution in [0.25, 0.3) is 0 Å². The van der Waals surface area contributed by atoms with E-state index in [1.165, 1.54) is 11.8 Å². The minimum absolute atomic E-state index is 0.102. The second-order valence-electron chi connectivity index (χ2n) is 4.05. The van der Waals surface area contributed by atoms with Crippen LogP contribution in [0.15, 0.2) is 23.1 Å². The molecular weight excluding hydrogens is 300 g/mol. The minimum atomic E-state index is -1.03. The topological polar surface area (TPSA) is 80.9 Å². The van der Waals surface area contributed by atoms with Crippen molar-refractivity contribution in [3.8, 4) is 0 Å². The number of aryl methyl sites for hydroxylation is 1. The van der Waals surface area contributed by atoms with Crippen LogP contribution in [0.2, 0.25) is 5.02 Å². The van der Waals surface area contributed by atoms with Gasteiger partial charge < -0.3 is 5.11 Å². The fraction of sp³-hybridized carbons (Fsp3) is 0.333. The monoisotopic (exact) mass is 312 g/mol. The van der Waals surface area contributed by atoms with E-state index in [0.29, 0.717) is 5.75 Å². The predicted octanol–water partition coefficient (Wildman–Crippen LogP) is 2.73. The first-order chi connectivity index (χ1) is 9.61. The lowest BCUT2D eigenvalue weighted by Gasteiger charge is -2.05. The third kappa shape index (κ3) is 3.49. The maximum atomic E-state index is 11.0. The molecule has 0 unspecified atom stereocenters. The highest BCUT2D eigenvalue weighted by Gasteiger charge is 2.11. The number of aromatic nitrogens is 4. The fourth-order valence-electron chi connectivity index (χ4n) is 1.62. The predicted molar refractivity (Wildman–Crippen MR) is 76.1 cm³/mol. The van der Waals surface area contributed by atoms with Crippen molar-refractivity contribution in [1.29, 1.82) is 0 Å². The molecule has 0 amide bonds. The summed E-state index contributed by atoms with van der Waals surface area (Å²) in [6.45, 7) is 2.82. The Morgan fingerprint density at radius 1 is 1.50 bits per heavy atom. The summed E-state index contributed by atoms with van der Waals surface area (Å²) < 4.78 is 1.75. The van der Waals surface area contributed by atoms with Gasteiger partial charge in [0, 0.05) is 11.4 Å². The smallest absolute Gasteiger partial charge is 0.337 e. The summed E-state index contributed by atoms with van der Waals surface area (Å²) in [5.41, 5.74) is 0.102. The van der Waals surface area contributed by atoms with E-state index in [4.69, 9.17) is 16.7 Å². The number of hydrogen-bond acceptors (Lipinski definition) is 5. The molecule has 2 aromatic rings. The molecular formula is C12H13ClN4O2S. The first kappa shape index (κ1) is 14.8. The molecule has 1 N–H and O–H groups in total. The van der Waals surface area contributed by atoms with Gasteiger partial charge in [0.25, 0.3) is 0 Å². The number of halogens is 1. The van der Waals surface area contributed by atoms with Gasteiger partial charge in [0.2, 0.25) is 0 Å². The first-order valence-corrected chi connectivity index (χ1v) is 7.39. The average molecular weight is 313 g/mol. The lowest BCUT2D eigenvalue weighted by Crippen LogP contribution is -2.04. The molecule has 8 heteroatoms. The largest absolute Gasteiger partial charge is 0.478 e. The Morgan fingerprint density at radius 2 is 2.30 bits per heavy atom. The van der Waals surface area contributed by atoms with Crippen molar-refractivity contribution < 1.29 is 9.90 Å². The van der Waals surface area contributed by atoms with Crippen molar-refractivity contribution >= 4 is 29.3 Å². The van der Waals surface area contributed by atoms with E-state index < -0.39 is 5.97 Å². The number of hydrogen-bond donors (Lipinski definition) is 1. The molecule has 0 fully saturated rings. The van der Waals surface area contributed by atoms with Crippen molar-refractivity contribution in [2.75, 3.05) is 0 Å². The lowest BCUT2D eigenvalue weighted by atomic mass is 10.2. The molecule has 0 radical (unpaired) electrons. The Bertz CT molecular complexity index is 617. The quantitative estimate of drug-likeness (QED) is 0.826. The van der Waals surface area contributed by atoms with E-state index >= 15 is 0 Å². The molecule has 1 heterocycles. The zero-order valence-electron chi connectivity index (χ0n) is 10.8. The van der Waals surface area contributed by atoms with Gasteiger partial charge in [-0.2, -0.15) is 0 Å². The van der Waals surface area contributed by atoms with Crippen LogP contribution >= 0.6 is 23.4 Å². The van der Waals surface area contributed by atoms with Crippen LogP contribution in [-0.4, -0.2) is 31.3 Å². The number of carboxylic acid groups (broad SMARTS) is 1. The Morgan fingerprint density at radius 3 is 3.00 bits per heavy atom. The molecule has 0 atom stereocenters. The molecule has 106 valence electrons. The molecule has 0 aliphatic rings. The third-order valence-electron chi connectivity index (χ3n) is 2.58. The summed E-state index contributed by atoms with van der Waals surface area (Å²) in [7, 11) is 0. The fourth-order valence-corrected chi connectivity index (χ4v) is 2.68. The maximum Gasteiger partial charge on any atom is 0.337 e. The van der Waals surface area contributed by atoms with Gasteiger partial charge in [-0.15, -0.1) is 16.9 Å². The Kier molecular flexibility index (Phi) is 4.97. The molecule has 1 aromatic heterocycles. The van der Waals surface area contributed by atoms with E-state index in [-0.39, 0.29) is 10.6 Å². The highest BCUT2D eigenvalue weighted by molar-refractivity contribution is 7.98. The molecule has 2 rings (SSSR count). The molecule has 0 bridgehead atoms. The number of nitrogens with zero attached hydrogens (tertiary/aromatic N) is 4. The van der Waals surface area contributed by atoms with Crippen LogP contribution in [0, 0.1) is 0 Å². The van der Waals surface area contributed by atoms with Gasteiger partial charge in [0.15, 0.2) is 5.82 Å². The Balaban J connectivity index is 2.09. The number of rotatable bonds is 6. The number of benzene rings is 1. The summed E-state index contributed by atoms with van der Waals surface area (Å²) >= 11 is 7.30. The standard InChI is InChI=1S/C12H13ClN4O2S/c1-2-5-17-11(14-15-16-17)7-20-8-3-4-10(13)9(6-8)12(18)19/h3-4,6H,2,5,7H2,1H3,(H,18,19). The maximum absolute atomic E-state index is 11.0. The van der Waals surface area contributed by atoms with Crippen LogP contribution in [0.1, 0.15) is 29.5 Å². The van der Waals surface area contributed by atoms with Crippen molar-refractivity contribution in [2.24, 2.45) is 0 Å². The summed E-state index contributed by atoms with van der Waals surface area (Å²) in [5.74, 6) is 0.310. The van der Waals surface area contributed by atoms with Crippen LogP contribution in [0.5, 0.6) is 0 Å². The van der Waals surface area contributed by atoms with Crippen molar-refractivity contribution in [3.05, 3.63) is 34.6 Å². The van der Waals surface area contributed by atoms with Gasteiger partial charge in [0.1, 0.15) is 0 Å². The summed E-state index contributed by atoms with van der Waals surface area (Å²) in [4.78, 5) is 11.8. The second kappa shape index (κ2) is 6.71. The summed E-state index contributed by atoms with van der Waals surface area (Å²) in [6.07, 6.45) is 0.951. The molecule has 20 heavy (non-hydrogen) atoms. The van der Waals surface area contributed by atoms with E-state index in [2.05, 4.69) is 22.4 Å². The second-order valence-corrected chi connectivity index (χ2v) is 5.51. The number of thioether (sulfide) groups is 1. The molecule has 0 saturated carbocycles. The summed E-state index contributed by atoms with van der Waals surface area (Å²) in [6, 6.07) is 4.93. The normalized spacial score (nSPS) is 10.7. The van der Waals surface area contributed by atoms with Crippen molar-refractivity contribution in [2.45, 2.75) is 30.5 Å². The average Bonchev–Trinajstić information content (AvgIpc) is 2.85. The Hall–Kier alpha value is -1.60. The lowest BCUT2D eigenvalue weighted by molar-refractivity contribution is 0.0697. The molecule has 1 aromatic carbocycles. The van der Waals surface area contributed by atoms with Crippen LogP contribution in [0.3, 0.4) is 0 Å². The van der Waals surface area contributed by atoms with Crippen LogP contribution in [0.4, 0.5) is 0 Å². The van der Waals surface area contributed by atoms with E-state index in [1.54, 1.807) is 22.9 Å². The highest BCUT2D eigenvalue weighted by atomic mass is 35.5. The van der Waals surface area contributed by atoms with Gasteiger partial charge in [0.05, 0.1) is 16.3 Å². The van der Waals surface area contributed by atoms with Crippen molar-refractivity contribution in [3.63, 3.8) is 0 Å². The molecule has 6 nitrogen and oxygen atoms in total. The van der Waals surface area contributed by atoms with Gasteiger partial charge in [-0.1, -0.05) is 18.5 Å². The number of tetrazole rings is 1. The zero-order valence-corrected chi connectivity index (χ0v) is 12.4. The molecule has 0 aliphatic carbocycles. The van der Waals surface area contributed by atoms with Crippen molar-refractivity contribution in [1.82, 2.24) is 20.2 Å². The number of carbonyl (C=O) groups is 1. The van der Waals surface area contributed by atoms with Gasteiger partial charge in [-0.05, 0) is 35.0 Å². The van der Waals surface area contributed by atoms with E-state index in [9.17, 15) is 4.79 Å². The minimum Gasteiger partial charge on any atom is -0.478 e. The van der Waals surface area contributed by atoms with Gasteiger partial charge >= 0.3 is 5.97 Å². The van der Waals surface area contributed by atoms with Gasteiger partial charge in [-0.25, -0.2) is 9.48 Å². The third-order valence-corrected chi connectivity index (χ3v) is 3.90. The number of carboxylic acids is 1. The van der Waals surface area contributed by atoms with E-state index in [0.717, 1.165) is 23.7 Å². The van der Waals surface area contributed by atoms with E-state index in [1.807, 2.05) is 0 Å². The van der Waals surface area contributed by atoms with Crippen LogP contribution in [-0.2, 0) is 12.3 Å². The zero-order chi connectivity index (χ0) is 14.5. The molecule has 0 spiro atoms. The van der Waals surface area contributed by atoms with Gasteiger partial charge in [-0.3, -0.25) is 0 Å². The molecule has 0 aliphatic heterocycles. The highest BCUT2D eigenvalue weighted by Crippen LogP contribution is 2.26. The first-order valence-electron chi connectivity index (χ1n) is 6.02. The number of aromatic carboxylic acids is 1.